The van der Waals surface area contributed by atoms with Crippen LogP contribution in [0.15, 0.2) is 0 Å². The number of hydrogen-bond donors (Lipinski definition) is 1. The number of rotatable bonds is 0. The molecule has 0 aliphatic carbocycles. The van der Waals surface area contributed by atoms with E-state index in [0.717, 1.165) is 0 Å². The minimum atomic E-state index is 0. The van der Waals surface area contributed by atoms with Gasteiger partial charge >= 0.3 is 0 Å². The molecular formula is C2H6NV-. The second-order valence-electron chi connectivity index (χ2n) is 0.333. The first kappa shape index (κ1) is 8.82. The molecule has 0 bridgehead atoms. The average Bonchev–Trinajstić information content (AvgIpc) is 0.918. The molecule has 2 heteroatoms. The van der Waals surface area contributed by atoms with Crippen molar-refractivity contribution in [3.8, 4) is 0 Å². The van der Waals surface area contributed by atoms with Crippen LogP contribution in [0.2, 0.25) is 0 Å². The van der Waals surface area contributed by atoms with Gasteiger partial charge < -0.3 is 5.73 Å². The molecule has 0 amide bonds. The van der Waals surface area contributed by atoms with E-state index < -0.39 is 0 Å². The van der Waals surface area contributed by atoms with Gasteiger partial charge in [-0.05, 0) is 0 Å². The van der Waals surface area contributed by atoms with Gasteiger partial charge in [0.05, 0.1) is 0 Å². The van der Waals surface area contributed by atoms with Gasteiger partial charge in [-0.3, -0.25) is 6.54 Å². The summed E-state index contributed by atoms with van der Waals surface area (Å²) in [7, 11) is 0. The molecule has 0 rings (SSSR count). The first-order valence-electron chi connectivity index (χ1n) is 0.911. The van der Waals surface area contributed by atoms with Gasteiger partial charge in [0.2, 0.25) is 0 Å². The van der Waals surface area contributed by atoms with Crippen molar-refractivity contribution >= 4 is 0 Å². The minimum absolute atomic E-state index is 0. The van der Waals surface area contributed by atoms with E-state index in [4.69, 9.17) is 5.73 Å². The van der Waals surface area contributed by atoms with Crippen molar-refractivity contribution in [1.29, 1.82) is 0 Å². The first-order valence-corrected chi connectivity index (χ1v) is 0.911. The normalized spacial score (nSPS) is 4.50. The maximum atomic E-state index is 4.72. The average molecular weight is 95.0 g/mol. The van der Waals surface area contributed by atoms with E-state index in [2.05, 4.69) is 0 Å². The van der Waals surface area contributed by atoms with Crippen LogP contribution in [0.4, 0.5) is 0 Å². The summed E-state index contributed by atoms with van der Waals surface area (Å²) in [6.07, 6.45) is 0. The third-order valence-corrected chi connectivity index (χ3v) is 0. The van der Waals surface area contributed by atoms with E-state index >= 15 is 0 Å². The molecule has 0 unspecified atom stereocenters. The summed E-state index contributed by atoms with van der Waals surface area (Å²) < 4.78 is 0. The molecule has 0 saturated heterocycles. The van der Waals surface area contributed by atoms with E-state index in [-0.39, 0.29) is 18.6 Å². The Labute approximate surface area is 38.5 Å². The van der Waals surface area contributed by atoms with Crippen molar-refractivity contribution in [3.05, 3.63) is 6.54 Å². The fourth-order valence-corrected chi connectivity index (χ4v) is 0. The Balaban J connectivity index is 0. The standard InChI is InChI=1S/C2H6N.V/c1-2-3;/h2H,3H2,1H3;/q-1;. The maximum Gasteiger partial charge on any atom is 0 e. The van der Waals surface area contributed by atoms with Gasteiger partial charge in [0.25, 0.3) is 0 Å². The summed E-state index contributed by atoms with van der Waals surface area (Å²) in [5.41, 5.74) is 4.72. The summed E-state index contributed by atoms with van der Waals surface area (Å²) in [5.74, 6) is 0. The van der Waals surface area contributed by atoms with Crippen molar-refractivity contribution in [3.63, 3.8) is 0 Å². The maximum absolute atomic E-state index is 4.72. The molecule has 0 aliphatic heterocycles. The predicted molar refractivity (Wildman–Crippen MR) is 14.2 cm³/mol. The van der Waals surface area contributed by atoms with Crippen molar-refractivity contribution in [1.82, 2.24) is 0 Å². The Hall–Kier alpha value is 0.544. The van der Waals surface area contributed by atoms with Crippen molar-refractivity contribution in [2.24, 2.45) is 5.73 Å². The Morgan fingerprint density at radius 1 is 1.75 bits per heavy atom. The zero-order valence-corrected chi connectivity index (χ0v) is 4.00. The SMILES string of the molecule is C[CH-]N.[V]. The van der Waals surface area contributed by atoms with Gasteiger partial charge in [0.1, 0.15) is 0 Å². The smallest absolute Gasteiger partial charge is 0 e. The molecule has 1 radical (unpaired) electrons. The third-order valence-electron chi connectivity index (χ3n) is 0. The monoisotopic (exact) mass is 95.0 g/mol. The molecular weight excluding hydrogens is 89.0 g/mol. The number of nitrogens with two attached hydrogens (primary N) is 1. The van der Waals surface area contributed by atoms with E-state index in [9.17, 15) is 0 Å². The zero-order valence-electron chi connectivity index (χ0n) is 2.60. The van der Waals surface area contributed by atoms with Crippen LogP contribution >= 0.6 is 0 Å². The van der Waals surface area contributed by atoms with Gasteiger partial charge in [-0.2, -0.15) is 6.92 Å². The van der Waals surface area contributed by atoms with Crippen LogP contribution in [0.3, 0.4) is 0 Å². The fourth-order valence-electron chi connectivity index (χ4n) is 0. The van der Waals surface area contributed by atoms with Gasteiger partial charge in [-0.15, -0.1) is 0 Å². The van der Waals surface area contributed by atoms with Gasteiger partial charge in [-0.1, -0.05) is 0 Å². The molecule has 0 aromatic rings. The van der Waals surface area contributed by atoms with Crippen LogP contribution in [-0.2, 0) is 18.6 Å². The topological polar surface area (TPSA) is 26.0 Å². The molecule has 25 valence electrons. The second kappa shape index (κ2) is 9.62. The molecule has 0 aromatic carbocycles. The molecule has 2 N–H and O–H groups in total. The summed E-state index contributed by atoms with van der Waals surface area (Å²) in [4.78, 5) is 0. The summed E-state index contributed by atoms with van der Waals surface area (Å²) in [6.45, 7) is 3.28. The van der Waals surface area contributed by atoms with E-state index in [0.29, 0.717) is 0 Å². The minimum Gasteiger partial charge on any atom is -0.484 e. The molecule has 0 fully saturated rings. The van der Waals surface area contributed by atoms with Gasteiger partial charge in [0.15, 0.2) is 0 Å². The van der Waals surface area contributed by atoms with E-state index in [1.54, 1.807) is 6.92 Å². The van der Waals surface area contributed by atoms with Crippen LogP contribution in [0, 0.1) is 6.54 Å². The fraction of sp³-hybridized carbons (Fsp3) is 0.500. The molecule has 0 saturated carbocycles. The summed E-state index contributed by atoms with van der Waals surface area (Å²) in [6, 6.07) is 0. The summed E-state index contributed by atoms with van der Waals surface area (Å²) in [5, 5.41) is 0. The van der Waals surface area contributed by atoms with Crippen LogP contribution in [-0.4, -0.2) is 0 Å². The molecule has 4 heavy (non-hydrogen) atoms. The van der Waals surface area contributed by atoms with Gasteiger partial charge in [0, 0.05) is 18.6 Å². The second-order valence-corrected chi connectivity index (χ2v) is 0.333. The Morgan fingerprint density at radius 3 is 1.75 bits per heavy atom. The van der Waals surface area contributed by atoms with Crippen LogP contribution in [0.5, 0.6) is 0 Å². The van der Waals surface area contributed by atoms with E-state index in [1.807, 2.05) is 0 Å². The van der Waals surface area contributed by atoms with Gasteiger partial charge in [-0.25, -0.2) is 0 Å². The van der Waals surface area contributed by atoms with E-state index in [1.165, 1.54) is 6.54 Å². The summed E-state index contributed by atoms with van der Waals surface area (Å²) >= 11 is 0. The Morgan fingerprint density at radius 2 is 1.75 bits per heavy atom. The molecule has 0 atom stereocenters. The van der Waals surface area contributed by atoms with Crippen LogP contribution in [0.1, 0.15) is 6.92 Å². The van der Waals surface area contributed by atoms with Crippen molar-refractivity contribution < 1.29 is 18.6 Å². The predicted octanol–water partition coefficient (Wildman–Crippen LogP) is 0.124. The molecule has 0 heterocycles. The number of hydrogen-bond acceptors (Lipinski definition) is 1. The Bertz CT molecular complexity index is 6.00. The van der Waals surface area contributed by atoms with Crippen molar-refractivity contribution in [2.45, 2.75) is 6.92 Å². The molecule has 1 nitrogen and oxygen atoms in total. The van der Waals surface area contributed by atoms with Crippen LogP contribution in [0.25, 0.3) is 0 Å². The molecule has 0 spiro atoms. The molecule has 0 aliphatic rings. The largest absolute Gasteiger partial charge is 0.484 e. The quantitative estimate of drug-likeness (QED) is 0.425. The van der Waals surface area contributed by atoms with Crippen LogP contribution < -0.4 is 5.73 Å². The zero-order chi connectivity index (χ0) is 2.71. The Kier molecular flexibility index (Phi) is 21.2. The molecule has 0 aromatic heterocycles. The first-order chi connectivity index (χ1) is 1.41. The van der Waals surface area contributed by atoms with Crippen molar-refractivity contribution in [2.75, 3.05) is 0 Å². The third kappa shape index (κ3) is 20.5.